The zero-order valence-electron chi connectivity index (χ0n) is 21.6. The third-order valence-corrected chi connectivity index (χ3v) is 8.66. The van der Waals surface area contributed by atoms with Crippen LogP contribution in [0.3, 0.4) is 0 Å². The predicted octanol–water partition coefficient (Wildman–Crippen LogP) is 3.49. The van der Waals surface area contributed by atoms with Crippen molar-refractivity contribution in [3.8, 4) is 0 Å². The monoisotopic (exact) mass is 556 g/mol. The maximum absolute atomic E-state index is 13.3. The summed E-state index contributed by atoms with van der Waals surface area (Å²) in [5.41, 5.74) is 2.23. The maximum atomic E-state index is 13.3. The van der Waals surface area contributed by atoms with Crippen LogP contribution >= 0.6 is 22.9 Å². The van der Waals surface area contributed by atoms with Gasteiger partial charge in [0.15, 0.2) is 5.01 Å². The molecule has 11 heteroatoms. The summed E-state index contributed by atoms with van der Waals surface area (Å²) in [4.78, 5) is 50.3. The number of amides is 3. The first-order chi connectivity index (χ1) is 18.3. The molecular weight excluding hydrogens is 524 g/mol. The quantitative estimate of drug-likeness (QED) is 0.355. The molecule has 2 aliphatic rings. The van der Waals surface area contributed by atoms with Crippen molar-refractivity contribution >= 4 is 51.6 Å². The highest BCUT2D eigenvalue weighted by Gasteiger charge is 2.36. The Kier molecular flexibility index (Phi) is 8.01. The largest absolute Gasteiger partial charge is 0.356 e. The highest BCUT2D eigenvalue weighted by Crippen LogP contribution is 2.28. The van der Waals surface area contributed by atoms with Crippen molar-refractivity contribution in [2.24, 2.45) is 5.92 Å². The van der Waals surface area contributed by atoms with Crippen molar-refractivity contribution in [1.82, 2.24) is 30.8 Å². The fraction of sp³-hybridized carbons (Fsp3) is 0.481. The van der Waals surface area contributed by atoms with Gasteiger partial charge >= 0.3 is 0 Å². The van der Waals surface area contributed by atoms with Gasteiger partial charge < -0.3 is 25.8 Å². The number of H-pyrrole nitrogens is 1. The van der Waals surface area contributed by atoms with E-state index in [1.807, 2.05) is 13.0 Å². The Labute approximate surface area is 230 Å². The first-order valence-corrected chi connectivity index (χ1v) is 14.3. The number of hydrogen-bond acceptors (Lipinski definition) is 6. The number of nitrogens with one attached hydrogen (secondary N) is 4. The molecular formula is C27H33ClN6O3S. The number of aromatic nitrogens is 2. The second-order valence-corrected chi connectivity index (χ2v) is 11.8. The van der Waals surface area contributed by atoms with E-state index in [9.17, 15) is 14.4 Å². The minimum Gasteiger partial charge on any atom is -0.356 e. The van der Waals surface area contributed by atoms with E-state index < -0.39 is 6.04 Å². The SMILES string of the molecule is CCCNC(=O)[C@H]1CC[C@H](NC(=O)c2cc3cc(Cl)ccc3[nH]2)[C@H](NC(=O)c2nc3c(s2)CN(C)CC3)C1. The number of carbonyl (C=O) groups is 3. The number of fused-ring (bicyclic) bond motifs is 2. The Morgan fingerprint density at radius 3 is 2.79 bits per heavy atom. The second-order valence-electron chi connectivity index (χ2n) is 10.3. The van der Waals surface area contributed by atoms with Gasteiger partial charge in [0.25, 0.3) is 11.8 Å². The van der Waals surface area contributed by atoms with Gasteiger partial charge in [-0.15, -0.1) is 11.3 Å². The summed E-state index contributed by atoms with van der Waals surface area (Å²) >= 11 is 7.52. The molecule has 0 bridgehead atoms. The predicted molar refractivity (Wildman–Crippen MR) is 149 cm³/mol. The minimum absolute atomic E-state index is 0.00359. The maximum Gasteiger partial charge on any atom is 0.280 e. The van der Waals surface area contributed by atoms with Crippen molar-refractivity contribution in [3.63, 3.8) is 0 Å². The second kappa shape index (κ2) is 11.4. The molecule has 0 spiro atoms. The summed E-state index contributed by atoms with van der Waals surface area (Å²) < 4.78 is 0. The van der Waals surface area contributed by atoms with Crippen molar-refractivity contribution in [1.29, 1.82) is 0 Å². The van der Waals surface area contributed by atoms with Crippen LogP contribution in [0.5, 0.6) is 0 Å². The van der Waals surface area contributed by atoms with E-state index in [0.717, 1.165) is 47.4 Å². The third-order valence-electron chi connectivity index (χ3n) is 7.35. The molecule has 1 aliphatic heterocycles. The minimum atomic E-state index is -0.403. The summed E-state index contributed by atoms with van der Waals surface area (Å²) in [5.74, 6) is -0.751. The molecule has 4 N–H and O–H groups in total. The molecule has 0 radical (unpaired) electrons. The van der Waals surface area contributed by atoms with E-state index >= 15 is 0 Å². The van der Waals surface area contributed by atoms with Gasteiger partial charge in [0.1, 0.15) is 5.69 Å². The van der Waals surface area contributed by atoms with Crippen molar-refractivity contribution < 1.29 is 14.4 Å². The van der Waals surface area contributed by atoms with Gasteiger partial charge in [0.2, 0.25) is 5.91 Å². The molecule has 202 valence electrons. The van der Waals surface area contributed by atoms with E-state index in [2.05, 4.69) is 37.9 Å². The molecule has 5 rings (SSSR count). The van der Waals surface area contributed by atoms with Gasteiger partial charge in [-0.3, -0.25) is 14.4 Å². The first kappa shape index (κ1) is 26.6. The Balaban J connectivity index is 1.32. The van der Waals surface area contributed by atoms with Gasteiger partial charge in [-0.05, 0) is 57.0 Å². The number of hydrogen-bond donors (Lipinski definition) is 4. The number of likely N-dealkylation sites (N-methyl/N-ethyl adjacent to an activating group) is 1. The number of aromatic amines is 1. The van der Waals surface area contributed by atoms with Crippen molar-refractivity contribution in [3.05, 3.63) is 50.6 Å². The topological polar surface area (TPSA) is 119 Å². The zero-order chi connectivity index (χ0) is 26.8. The normalized spacial score (nSPS) is 21.6. The average Bonchev–Trinajstić information content (AvgIpc) is 3.52. The molecule has 3 atom stereocenters. The lowest BCUT2D eigenvalue weighted by atomic mass is 9.81. The van der Waals surface area contributed by atoms with Crippen LogP contribution in [-0.4, -0.2) is 64.8 Å². The Hall–Kier alpha value is -2.95. The average molecular weight is 557 g/mol. The zero-order valence-corrected chi connectivity index (χ0v) is 23.2. The lowest BCUT2D eigenvalue weighted by Crippen LogP contribution is -2.56. The van der Waals surface area contributed by atoms with Crippen LogP contribution in [0.2, 0.25) is 5.02 Å². The highest BCUT2D eigenvalue weighted by molar-refractivity contribution is 7.13. The van der Waals surface area contributed by atoms with Gasteiger partial charge in [-0.1, -0.05) is 18.5 Å². The number of carbonyl (C=O) groups excluding carboxylic acids is 3. The van der Waals surface area contributed by atoms with Gasteiger partial charge in [0, 0.05) is 58.8 Å². The van der Waals surface area contributed by atoms with Gasteiger partial charge in [-0.2, -0.15) is 0 Å². The molecule has 0 unspecified atom stereocenters. The molecule has 1 fully saturated rings. The van der Waals surface area contributed by atoms with Gasteiger partial charge in [0.05, 0.1) is 11.7 Å². The lowest BCUT2D eigenvalue weighted by Gasteiger charge is -2.36. The summed E-state index contributed by atoms with van der Waals surface area (Å²) in [6.07, 6.45) is 3.34. The van der Waals surface area contributed by atoms with Crippen LogP contribution < -0.4 is 16.0 Å². The molecule has 0 saturated heterocycles. The Bertz CT molecular complexity index is 1350. The molecule has 9 nitrogen and oxygen atoms in total. The summed E-state index contributed by atoms with van der Waals surface area (Å²) in [5, 5.41) is 11.1. The molecule has 1 aromatic carbocycles. The fourth-order valence-electron chi connectivity index (χ4n) is 5.26. The van der Waals surface area contributed by atoms with Gasteiger partial charge in [-0.25, -0.2) is 4.98 Å². The number of nitrogens with zero attached hydrogens (tertiary/aromatic N) is 2. The fourth-order valence-corrected chi connectivity index (χ4v) is 6.53. The van der Waals surface area contributed by atoms with Crippen LogP contribution in [0.1, 0.15) is 63.5 Å². The Morgan fingerprint density at radius 1 is 1.16 bits per heavy atom. The highest BCUT2D eigenvalue weighted by atomic mass is 35.5. The summed E-state index contributed by atoms with van der Waals surface area (Å²) in [6, 6.07) is 6.46. The van der Waals surface area contributed by atoms with E-state index in [-0.39, 0.29) is 29.7 Å². The number of thiazole rings is 1. The molecule has 3 amide bonds. The lowest BCUT2D eigenvalue weighted by molar-refractivity contribution is -0.126. The van der Waals surface area contributed by atoms with Crippen molar-refractivity contribution in [2.75, 3.05) is 20.1 Å². The number of rotatable bonds is 7. The van der Waals surface area contributed by atoms with E-state index in [1.165, 1.54) is 11.3 Å². The third kappa shape index (κ3) is 5.87. The van der Waals surface area contributed by atoms with Crippen LogP contribution in [0.25, 0.3) is 10.9 Å². The molecule has 3 heterocycles. The molecule has 1 saturated carbocycles. The van der Waals surface area contributed by atoms with Crippen LogP contribution in [0.4, 0.5) is 0 Å². The first-order valence-electron chi connectivity index (χ1n) is 13.2. The molecule has 1 aliphatic carbocycles. The molecule has 38 heavy (non-hydrogen) atoms. The van der Waals surface area contributed by atoms with Crippen molar-refractivity contribution in [2.45, 2.75) is 57.7 Å². The molecule has 2 aromatic heterocycles. The number of halogens is 1. The van der Waals surface area contributed by atoms with Crippen LogP contribution in [0.15, 0.2) is 24.3 Å². The standard InChI is InChI=1S/C27H33ClN6O3S/c1-3-9-29-24(35)15-4-6-19(31-25(36)22-13-16-11-17(28)5-7-18(16)30-22)21(12-15)32-26(37)27-33-20-8-10-34(2)14-23(20)38-27/h5,7,11,13,15,19,21,30H,3-4,6,8-10,12,14H2,1-2H3,(H,29,35)(H,31,36)(H,32,37)/t15-,19-,21+/m0/s1. The van der Waals surface area contributed by atoms with Crippen LogP contribution in [-0.2, 0) is 17.8 Å². The Morgan fingerprint density at radius 2 is 1.97 bits per heavy atom. The van der Waals surface area contributed by atoms with E-state index in [1.54, 1.807) is 18.2 Å². The van der Waals surface area contributed by atoms with E-state index in [4.69, 9.17) is 11.6 Å². The summed E-state index contributed by atoms with van der Waals surface area (Å²) in [6.45, 7) is 4.34. The molecule has 3 aromatic rings. The van der Waals surface area contributed by atoms with E-state index in [0.29, 0.717) is 41.5 Å². The van der Waals surface area contributed by atoms with Crippen LogP contribution in [0, 0.1) is 5.92 Å². The summed E-state index contributed by atoms with van der Waals surface area (Å²) in [7, 11) is 2.06. The number of benzene rings is 1. The smallest absolute Gasteiger partial charge is 0.280 e.